The number of ether oxygens (including phenoxy) is 3. The lowest BCUT2D eigenvalue weighted by Gasteiger charge is -2.09. The molecule has 0 aromatic heterocycles. The van der Waals surface area contributed by atoms with Crippen LogP contribution in [0.4, 0.5) is 0 Å². The number of hydrogen-bond donors (Lipinski definition) is 1. The van der Waals surface area contributed by atoms with Crippen LogP contribution < -0.4 is 0 Å². The van der Waals surface area contributed by atoms with Gasteiger partial charge in [0.1, 0.15) is 13.2 Å². The number of aliphatic hydroxyl groups excluding tert-OH is 1. The van der Waals surface area contributed by atoms with Gasteiger partial charge in [-0.15, -0.1) is 0 Å². The molecule has 44 heavy (non-hydrogen) atoms. The van der Waals surface area contributed by atoms with Crippen LogP contribution in [-0.4, -0.2) is 75.0 Å². The number of likely N-dealkylation sites (N-methyl/N-ethyl adjacent to an activating group) is 1. The number of unbranched alkanes of at least 4 members (excludes halogenated alkanes) is 15. The Hall–Kier alpha value is -2.45. The monoisotopic (exact) mass is 625 g/mol. The molecule has 0 spiro atoms. The molecule has 0 saturated heterocycles. The van der Waals surface area contributed by atoms with Crippen molar-refractivity contribution in [2.45, 2.75) is 130 Å². The number of nitrogens with zero attached hydrogens (tertiary/aromatic N) is 1. The zero-order chi connectivity index (χ0) is 34.0. The molecule has 0 aliphatic carbocycles. The third-order valence-electron chi connectivity index (χ3n) is 6.37. The van der Waals surface area contributed by atoms with Gasteiger partial charge in [0.15, 0.2) is 0 Å². The molecular formula is C36H67NO7. The molecule has 0 aliphatic heterocycles. The molecule has 0 atom stereocenters. The van der Waals surface area contributed by atoms with Crippen LogP contribution in [0.3, 0.4) is 0 Å². The minimum absolute atomic E-state index is 0.0473. The summed E-state index contributed by atoms with van der Waals surface area (Å²) in [4.78, 5) is 34.4. The van der Waals surface area contributed by atoms with E-state index in [1.165, 1.54) is 96.3 Å². The molecule has 0 fully saturated rings. The summed E-state index contributed by atoms with van der Waals surface area (Å²) in [6, 6.07) is 0. The first-order valence-electron chi connectivity index (χ1n) is 16.6. The van der Waals surface area contributed by atoms with Gasteiger partial charge in [0.2, 0.25) is 0 Å². The lowest BCUT2D eigenvalue weighted by Crippen LogP contribution is -2.20. The van der Waals surface area contributed by atoms with Crippen molar-refractivity contribution in [3.63, 3.8) is 0 Å². The highest BCUT2D eigenvalue weighted by Gasteiger charge is 2.03. The minimum Gasteiger partial charge on any atom is -0.462 e. The summed E-state index contributed by atoms with van der Waals surface area (Å²) in [5, 5.41) is 8.19. The van der Waals surface area contributed by atoms with Gasteiger partial charge in [0, 0.05) is 23.3 Å². The van der Waals surface area contributed by atoms with E-state index in [9.17, 15) is 14.4 Å². The highest BCUT2D eigenvalue weighted by molar-refractivity contribution is 5.87. The lowest BCUT2D eigenvalue weighted by molar-refractivity contribution is -0.140. The molecule has 0 bridgehead atoms. The van der Waals surface area contributed by atoms with Gasteiger partial charge < -0.3 is 24.2 Å². The van der Waals surface area contributed by atoms with E-state index < -0.39 is 5.97 Å². The second-order valence-corrected chi connectivity index (χ2v) is 11.6. The fourth-order valence-electron chi connectivity index (χ4n) is 3.64. The average molecular weight is 626 g/mol. The summed E-state index contributed by atoms with van der Waals surface area (Å²) in [6.07, 6.45) is 21.7. The molecule has 0 unspecified atom stereocenters. The van der Waals surface area contributed by atoms with Crippen LogP contribution in [0.1, 0.15) is 130 Å². The summed E-state index contributed by atoms with van der Waals surface area (Å²) in [6.45, 7) is 19.2. The number of esters is 3. The predicted octanol–water partition coefficient (Wildman–Crippen LogP) is 8.13. The number of carbonyl (C=O) groups is 3. The third-order valence-corrected chi connectivity index (χ3v) is 6.37. The summed E-state index contributed by atoms with van der Waals surface area (Å²) >= 11 is 0. The highest BCUT2D eigenvalue weighted by atomic mass is 16.5. The molecule has 1 N–H and O–H groups in total. The van der Waals surface area contributed by atoms with Crippen LogP contribution in [0.2, 0.25) is 0 Å². The van der Waals surface area contributed by atoms with Crippen molar-refractivity contribution in [2.75, 3.05) is 47.1 Å². The van der Waals surface area contributed by atoms with Gasteiger partial charge in [-0.05, 0) is 41.3 Å². The van der Waals surface area contributed by atoms with Crippen LogP contribution in [0, 0.1) is 0 Å². The second kappa shape index (κ2) is 35.0. The van der Waals surface area contributed by atoms with Gasteiger partial charge in [-0.2, -0.15) is 0 Å². The quantitative estimate of drug-likeness (QED) is 0.0470. The molecule has 0 amide bonds. The Balaban J connectivity index is -0.000000689. The summed E-state index contributed by atoms with van der Waals surface area (Å²) in [5.41, 5.74) is 1.29. The van der Waals surface area contributed by atoms with Crippen molar-refractivity contribution in [3.8, 4) is 0 Å². The summed E-state index contributed by atoms with van der Waals surface area (Å²) < 4.78 is 14.4. The Morgan fingerprint density at radius 1 is 0.523 bits per heavy atom. The molecule has 0 saturated carbocycles. The number of rotatable bonds is 25. The van der Waals surface area contributed by atoms with E-state index in [0.717, 1.165) is 13.0 Å². The van der Waals surface area contributed by atoms with Crippen molar-refractivity contribution >= 4 is 17.9 Å². The molecule has 0 aromatic carbocycles. The topological polar surface area (TPSA) is 102 Å². The maximum absolute atomic E-state index is 11.2. The van der Waals surface area contributed by atoms with Crippen molar-refractivity contribution in [2.24, 2.45) is 0 Å². The Kier molecular flexibility index (Phi) is 36.6. The number of hydrogen-bond acceptors (Lipinski definition) is 8. The van der Waals surface area contributed by atoms with Gasteiger partial charge >= 0.3 is 17.9 Å². The smallest absolute Gasteiger partial charge is 0.333 e. The van der Waals surface area contributed by atoms with Crippen LogP contribution in [-0.2, 0) is 28.6 Å². The van der Waals surface area contributed by atoms with Crippen LogP contribution in [0.15, 0.2) is 36.5 Å². The van der Waals surface area contributed by atoms with Crippen LogP contribution in [0.25, 0.3) is 0 Å². The Morgan fingerprint density at radius 3 is 1.11 bits per heavy atom. The van der Waals surface area contributed by atoms with Crippen molar-refractivity contribution in [1.82, 2.24) is 4.90 Å². The highest BCUT2D eigenvalue weighted by Crippen LogP contribution is 2.13. The molecule has 0 aliphatic rings. The summed E-state index contributed by atoms with van der Waals surface area (Å²) in [5.74, 6) is -1.02. The first-order valence-corrected chi connectivity index (χ1v) is 16.6. The molecule has 8 heteroatoms. The Morgan fingerprint density at radius 2 is 0.818 bits per heavy atom. The molecule has 0 radical (unpaired) electrons. The zero-order valence-electron chi connectivity index (χ0n) is 29.3. The van der Waals surface area contributed by atoms with Gasteiger partial charge in [-0.1, -0.05) is 123 Å². The van der Waals surface area contributed by atoms with Crippen LogP contribution >= 0.6 is 0 Å². The van der Waals surface area contributed by atoms with Gasteiger partial charge in [-0.3, -0.25) is 0 Å². The van der Waals surface area contributed by atoms with E-state index in [1.807, 2.05) is 19.0 Å². The van der Waals surface area contributed by atoms with E-state index in [0.29, 0.717) is 29.9 Å². The van der Waals surface area contributed by atoms with Crippen molar-refractivity contribution in [1.29, 1.82) is 0 Å². The van der Waals surface area contributed by atoms with E-state index in [4.69, 9.17) is 14.6 Å². The molecule has 0 aromatic rings. The second-order valence-electron chi connectivity index (χ2n) is 11.6. The molecule has 8 nitrogen and oxygen atoms in total. The number of aliphatic hydroxyl groups is 1. The van der Waals surface area contributed by atoms with Gasteiger partial charge in [-0.25, -0.2) is 14.4 Å². The maximum Gasteiger partial charge on any atom is 0.333 e. The minimum atomic E-state index is -0.455. The van der Waals surface area contributed by atoms with Crippen molar-refractivity contribution in [3.05, 3.63) is 36.5 Å². The van der Waals surface area contributed by atoms with Crippen LogP contribution in [0.5, 0.6) is 0 Å². The lowest BCUT2D eigenvalue weighted by atomic mass is 10.0. The Bertz CT molecular complexity index is 762. The molecule has 0 rings (SSSR count). The van der Waals surface area contributed by atoms with Crippen molar-refractivity contribution < 1.29 is 33.7 Å². The average Bonchev–Trinajstić information content (AvgIpc) is 2.97. The first-order chi connectivity index (χ1) is 20.9. The van der Waals surface area contributed by atoms with E-state index in [-0.39, 0.29) is 25.2 Å². The SMILES string of the molecule is C=C(C)C(=O)OCCCCCCCCCCCCCCCCCC.C=C(C)C(=O)OCCN(C)C.C=C(C)C(=O)OCCO. The standard InChI is InChI=1S/C22H42O2.C8H15NO2.C6H10O3/c1-4-5-6-7-8-9-10-11-12-13-14-15-16-17-18-19-20-24-22(23)21(2)3;1-7(2)8(10)11-6-5-9(3)4;1-5(2)6(8)9-4-3-7/h2,4-20H2,1,3H3;1,5-6H2,2-4H3;7H,1,3-4H2,2H3. The normalized spacial score (nSPS) is 10.1. The van der Waals surface area contributed by atoms with E-state index in [1.54, 1.807) is 20.8 Å². The Labute approximate surface area is 270 Å². The molecule has 258 valence electrons. The van der Waals surface area contributed by atoms with E-state index in [2.05, 4.69) is 31.4 Å². The first kappa shape index (κ1) is 46.0. The molecule has 0 heterocycles. The largest absolute Gasteiger partial charge is 0.462 e. The summed E-state index contributed by atoms with van der Waals surface area (Å²) in [7, 11) is 3.85. The third kappa shape index (κ3) is 39.5. The fraction of sp³-hybridized carbons (Fsp3) is 0.750. The fourth-order valence-corrected chi connectivity index (χ4v) is 3.64. The maximum atomic E-state index is 11.2. The number of carbonyl (C=O) groups excluding carboxylic acids is 3. The zero-order valence-corrected chi connectivity index (χ0v) is 29.3. The molecular weight excluding hydrogens is 558 g/mol. The predicted molar refractivity (Wildman–Crippen MR) is 183 cm³/mol. The van der Waals surface area contributed by atoms with Gasteiger partial charge in [0.25, 0.3) is 0 Å². The van der Waals surface area contributed by atoms with E-state index >= 15 is 0 Å². The van der Waals surface area contributed by atoms with Gasteiger partial charge in [0.05, 0.1) is 13.2 Å².